The van der Waals surface area contributed by atoms with E-state index in [2.05, 4.69) is 15.9 Å². The molecule has 1 aliphatic rings. The largest absolute Gasteiger partial charge is 0.449 e. The van der Waals surface area contributed by atoms with Gasteiger partial charge in [0.15, 0.2) is 6.10 Å². The van der Waals surface area contributed by atoms with E-state index in [1.807, 2.05) is 54.6 Å². The fraction of sp³-hybridized carbons (Fsp3) is 0.0625. The second-order valence-corrected chi connectivity index (χ2v) is 5.25. The van der Waals surface area contributed by atoms with Crippen LogP contribution >= 0.6 is 15.9 Å². The Morgan fingerprint density at radius 1 is 1.00 bits per heavy atom. The molecule has 19 heavy (non-hydrogen) atoms. The van der Waals surface area contributed by atoms with Gasteiger partial charge in [0.05, 0.1) is 0 Å². The SMILES string of the molecule is O=C1C=C(c2ccccc2)C(c2cccc(Br)c2)O1. The number of carbonyl (C=O) groups excluding carboxylic acids is 1. The topological polar surface area (TPSA) is 26.3 Å². The predicted molar refractivity (Wildman–Crippen MR) is 77.4 cm³/mol. The Labute approximate surface area is 119 Å². The number of esters is 1. The molecule has 3 rings (SSSR count). The van der Waals surface area contributed by atoms with Crippen molar-refractivity contribution in [1.82, 2.24) is 0 Å². The number of rotatable bonds is 2. The van der Waals surface area contributed by atoms with Gasteiger partial charge in [0.25, 0.3) is 0 Å². The zero-order valence-electron chi connectivity index (χ0n) is 10.0. The predicted octanol–water partition coefficient (Wildman–Crippen LogP) is 4.13. The molecular formula is C16H11BrO2. The van der Waals surface area contributed by atoms with E-state index < -0.39 is 0 Å². The molecule has 0 aliphatic carbocycles. The number of hydrogen-bond acceptors (Lipinski definition) is 2. The van der Waals surface area contributed by atoms with Gasteiger partial charge in [-0.1, -0.05) is 58.4 Å². The molecule has 1 atom stereocenters. The number of benzene rings is 2. The van der Waals surface area contributed by atoms with Crippen LogP contribution in [0.4, 0.5) is 0 Å². The minimum atomic E-state index is -0.326. The lowest BCUT2D eigenvalue weighted by atomic mass is 9.96. The molecule has 1 heterocycles. The van der Waals surface area contributed by atoms with Gasteiger partial charge in [-0.25, -0.2) is 4.79 Å². The smallest absolute Gasteiger partial charge is 0.332 e. The lowest BCUT2D eigenvalue weighted by Gasteiger charge is -2.15. The standard InChI is InChI=1S/C16H11BrO2/c17-13-8-4-7-12(9-13)16-14(10-15(18)19-16)11-5-2-1-3-6-11/h1-10,16H. The summed E-state index contributed by atoms with van der Waals surface area (Å²) in [6, 6.07) is 17.7. The summed E-state index contributed by atoms with van der Waals surface area (Å²) in [5.41, 5.74) is 2.89. The van der Waals surface area contributed by atoms with Crippen molar-refractivity contribution in [2.24, 2.45) is 0 Å². The van der Waals surface area contributed by atoms with Crippen molar-refractivity contribution in [2.45, 2.75) is 6.10 Å². The zero-order valence-corrected chi connectivity index (χ0v) is 11.6. The van der Waals surface area contributed by atoms with Crippen LogP contribution in [-0.4, -0.2) is 5.97 Å². The van der Waals surface area contributed by atoms with Gasteiger partial charge in [0.2, 0.25) is 0 Å². The number of halogens is 1. The first-order valence-electron chi connectivity index (χ1n) is 5.97. The van der Waals surface area contributed by atoms with Crippen molar-refractivity contribution in [2.75, 3.05) is 0 Å². The number of carbonyl (C=O) groups is 1. The summed E-state index contributed by atoms with van der Waals surface area (Å²) in [7, 11) is 0. The minimum Gasteiger partial charge on any atom is -0.449 e. The van der Waals surface area contributed by atoms with Crippen molar-refractivity contribution in [3.8, 4) is 0 Å². The van der Waals surface area contributed by atoms with Gasteiger partial charge in [0, 0.05) is 16.1 Å². The van der Waals surface area contributed by atoms with Gasteiger partial charge in [-0.2, -0.15) is 0 Å². The molecule has 0 spiro atoms. The van der Waals surface area contributed by atoms with Crippen LogP contribution in [0, 0.1) is 0 Å². The van der Waals surface area contributed by atoms with E-state index in [9.17, 15) is 4.79 Å². The third-order valence-electron chi connectivity index (χ3n) is 3.05. The van der Waals surface area contributed by atoms with Crippen LogP contribution in [0.15, 0.2) is 65.1 Å². The molecule has 0 radical (unpaired) electrons. The number of ether oxygens (including phenoxy) is 1. The zero-order chi connectivity index (χ0) is 13.2. The van der Waals surface area contributed by atoms with E-state index in [0.29, 0.717) is 0 Å². The van der Waals surface area contributed by atoms with Crippen LogP contribution < -0.4 is 0 Å². The van der Waals surface area contributed by atoms with Crippen molar-refractivity contribution in [1.29, 1.82) is 0 Å². The highest BCUT2D eigenvalue weighted by Gasteiger charge is 2.28. The molecule has 2 aromatic rings. The highest BCUT2D eigenvalue weighted by atomic mass is 79.9. The van der Waals surface area contributed by atoms with Crippen molar-refractivity contribution in [3.63, 3.8) is 0 Å². The van der Waals surface area contributed by atoms with Crippen LogP contribution in [0.2, 0.25) is 0 Å². The van der Waals surface area contributed by atoms with Crippen molar-refractivity contribution < 1.29 is 9.53 Å². The monoisotopic (exact) mass is 314 g/mol. The highest BCUT2D eigenvalue weighted by Crippen LogP contribution is 2.38. The summed E-state index contributed by atoms with van der Waals surface area (Å²) in [6.45, 7) is 0. The first-order chi connectivity index (χ1) is 9.24. The highest BCUT2D eigenvalue weighted by molar-refractivity contribution is 9.10. The summed E-state index contributed by atoms with van der Waals surface area (Å²) < 4.78 is 6.39. The molecule has 2 nitrogen and oxygen atoms in total. The quantitative estimate of drug-likeness (QED) is 0.779. The molecule has 94 valence electrons. The Morgan fingerprint density at radius 2 is 1.79 bits per heavy atom. The van der Waals surface area contributed by atoms with E-state index in [1.54, 1.807) is 6.08 Å². The van der Waals surface area contributed by atoms with Crippen LogP contribution in [0.5, 0.6) is 0 Å². The van der Waals surface area contributed by atoms with E-state index in [1.165, 1.54) is 0 Å². The van der Waals surface area contributed by atoms with Gasteiger partial charge in [-0.3, -0.25) is 0 Å². The molecule has 0 saturated heterocycles. The second-order valence-electron chi connectivity index (χ2n) is 4.34. The molecule has 2 aromatic carbocycles. The Balaban J connectivity index is 2.03. The van der Waals surface area contributed by atoms with Crippen LogP contribution in [0.25, 0.3) is 5.57 Å². The Hall–Kier alpha value is -1.87. The summed E-state index contributed by atoms with van der Waals surface area (Å²) in [6.07, 6.45) is 1.24. The van der Waals surface area contributed by atoms with Gasteiger partial charge in [-0.15, -0.1) is 0 Å². The molecule has 1 unspecified atom stereocenters. The summed E-state index contributed by atoms with van der Waals surface area (Å²) >= 11 is 3.44. The van der Waals surface area contributed by atoms with E-state index in [-0.39, 0.29) is 12.1 Å². The van der Waals surface area contributed by atoms with Gasteiger partial charge in [-0.05, 0) is 23.3 Å². The molecule has 0 bridgehead atoms. The molecule has 0 aromatic heterocycles. The van der Waals surface area contributed by atoms with Crippen LogP contribution in [-0.2, 0) is 9.53 Å². The maximum absolute atomic E-state index is 11.6. The van der Waals surface area contributed by atoms with Gasteiger partial charge < -0.3 is 4.74 Å². The minimum absolute atomic E-state index is 0.288. The lowest BCUT2D eigenvalue weighted by Crippen LogP contribution is -2.02. The molecular weight excluding hydrogens is 304 g/mol. The van der Waals surface area contributed by atoms with Gasteiger partial charge >= 0.3 is 5.97 Å². The molecule has 1 aliphatic heterocycles. The third kappa shape index (κ3) is 2.47. The Kier molecular flexibility index (Phi) is 3.22. The third-order valence-corrected chi connectivity index (χ3v) is 3.54. The first kappa shape index (κ1) is 12.2. The second kappa shape index (κ2) is 5.02. The molecule has 3 heteroatoms. The van der Waals surface area contributed by atoms with Crippen LogP contribution in [0.1, 0.15) is 17.2 Å². The Morgan fingerprint density at radius 3 is 2.53 bits per heavy atom. The lowest BCUT2D eigenvalue weighted by molar-refractivity contribution is -0.138. The van der Waals surface area contributed by atoms with Crippen molar-refractivity contribution in [3.05, 3.63) is 76.3 Å². The normalized spacial score (nSPS) is 18.1. The molecule has 0 saturated carbocycles. The van der Waals surface area contributed by atoms with Gasteiger partial charge in [0.1, 0.15) is 0 Å². The first-order valence-corrected chi connectivity index (χ1v) is 6.76. The number of hydrogen-bond donors (Lipinski definition) is 0. The molecule has 0 fully saturated rings. The molecule has 0 N–H and O–H groups in total. The molecule has 0 amide bonds. The van der Waals surface area contributed by atoms with Crippen LogP contribution in [0.3, 0.4) is 0 Å². The summed E-state index contributed by atoms with van der Waals surface area (Å²) in [5, 5.41) is 0. The average molecular weight is 315 g/mol. The maximum atomic E-state index is 11.6. The fourth-order valence-electron chi connectivity index (χ4n) is 2.20. The van der Waals surface area contributed by atoms with E-state index >= 15 is 0 Å². The summed E-state index contributed by atoms with van der Waals surface area (Å²) in [4.78, 5) is 11.6. The summed E-state index contributed by atoms with van der Waals surface area (Å²) in [5.74, 6) is -0.288. The average Bonchev–Trinajstić information content (AvgIpc) is 2.82. The Bertz CT molecular complexity index is 647. The fourth-order valence-corrected chi connectivity index (χ4v) is 2.62. The van der Waals surface area contributed by atoms with E-state index in [4.69, 9.17) is 4.74 Å². The number of cyclic esters (lactones) is 1. The van der Waals surface area contributed by atoms with E-state index in [0.717, 1.165) is 21.2 Å². The maximum Gasteiger partial charge on any atom is 0.332 e. The van der Waals surface area contributed by atoms with Crippen molar-refractivity contribution >= 4 is 27.5 Å².